The van der Waals surface area contributed by atoms with Crippen LogP contribution in [0.3, 0.4) is 0 Å². The second-order valence-corrected chi connectivity index (χ2v) is 6.74. The topological polar surface area (TPSA) is 65.4 Å². The number of alkyl halides is 3. The molecule has 0 spiro atoms. The molecule has 3 aromatic rings. The van der Waals surface area contributed by atoms with Crippen molar-refractivity contribution in [1.82, 2.24) is 15.1 Å². The van der Waals surface area contributed by atoms with Crippen molar-refractivity contribution in [2.45, 2.75) is 25.6 Å². The highest BCUT2D eigenvalue weighted by atomic mass is 19.4. The van der Waals surface area contributed by atoms with Crippen LogP contribution in [-0.4, -0.2) is 29.9 Å². The van der Waals surface area contributed by atoms with Gasteiger partial charge in [-0.25, -0.2) is 4.68 Å². The number of rotatable bonds is 8. The van der Waals surface area contributed by atoms with Crippen LogP contribution in [0.2, 0.25) is 0 Å². The standard InChI is InChI=1S/C22H22F3N3O3/c1-30-18-5-3-4-16(21(18)31-2)8-11-20(29)26-14-15-6-9-17(10-7-15)28-13-12-19(27-28)22(23,24)25/h3-7,9-10,12-13H,8,11,14H2,1-2H3,(H,26,29). The molecule has 31 heavy (non-hydrogen) atoms. The minimum absolute atomic E-state index is 0.129. The molecular weight excluding hydrogens is 411 g/mol. The van der Waals surface area contributed by atoms with E-state index in [1.807, 2.05) is 12.1 Å². The Morgan fingerprint density at radius 1 is 1.06 bits per heavy atom. The Morgan fingerprint density at radius 3 is 2.42 bits per heavy atom. The van der Waals surface area contributed by atoms with Crippen molar-refractivity contribution < 1.29 is 27.4 Å². The van der Waals surface area contributed by atoms with E-state index in [0.29, 0.717) is 30.2 Å². The van der Waals surface area contributed by atoms with E-state index in [9.17, 15) is 18.0 Å². The van der Waals surface area contributed by atoms with Crippen molar-refractivity contribution in [3.05, 3.63) is 71.5 Å². The summed E-state index contributed by atoms with van der Waals surface area (Å²) in [5.41, 5.74) is 1.24. The number of carbonyl (C=O) groups is 1. The summed E-state index contributed by atoms with van der Waals surface area (Å²) in [6.45, 7) is 0.307. The fraction of sp³-hybridized carbons (Fsp3) is 0.273. The third-order valence-electron chi connectivity index (χ3n) is 4.68. The average molecular weight is 433 g/mol. The number of methoxy groups -OCH3 is 2. The maximum absolute atomic E-state index is 12.7. The lowest BCUT2D eigenvalue weighted by Gasteiger charge is -2.12. The van der Waals surface area contributed by atoms with Crippen LogP contribution in [0.1, 0.15) is 23.2 Å². The molecule has 1 heterocycles. The van der Waals surface area contributed by atoms with Gasteiger partial charge in [-0.15, -0.1) is 0 Å². The van der Waals surface area contributed by atoms with Crippen LogP contribution in [0.5, 0.6) is 11.5 Å². The summed E-state index contributed by atoms with van der Waals surface area (Å²) in [6, 6.07) is 13.2. The van der Waals surface area contributed by atoms with E-state index in [0.717, 1.165) is 21.9 Å². The van der Waals surface area contributed by atoms with Crippen LogP contribution in [0, 0.1) is 0 Å². The monoisotopic (exact) mass is 433 g/mol. The van der Waals surface area contributed by atoms with Crippen LogP contribution in [0.4, 0.5) is 13.2 Å². The highest BCUT2D eigenvalue weighted by Crippen LogP contribution is 2.31. The smallest absolute Gasteiger partial charge is 0.435 e. The van der Waals surface area contributed by atoms with Gasteiger partial charge in [0, 0.05) is 19.2 Å². The summed E-state index contributed by atoms with van der Waals surface area (Å²) in [5, 5.41) is 6.37. The number of hydrogen-bond donors (Lipinski definition) is 1. The maximum Gasteiger partial charge on any atom is 0.435 e. The Hall–Kier alpha value is -3.49. The molecule has 1 N–H and O–H groups in total. The van der Waals surface area contributed by atoms with Gasteiger partial charge in [0.15, 0.2) is 17.2 Å². The number of ether oxygens (including phenoxy) is 2. The molecular formula is C22H22F3N3O3. The van der Waals surface area contributed by atoms with Crippen molar-refractivity contribution in [3.63, 3.8) is 0 Å². The number of benzene rings is 2. The van der Waals surface area contributed by atoms with E-state index >= 15 is 0 Å². The summed E-state index contributed by atoms with van der Waals surface area (Å²) in [7, 11) is 3.11. The largest absolute Gasteiger partial charge is 0.493 e. The predicted octanol–water partition coefficient (Wildman–Crippen LogP) is 4.16. The number of para-hydroxylation sites is 1. The van der Waals surface area contributed by atoms with E-state index in [-0.39, 0.29) is 12.3 Å². The third kappa shape index (κ3) is 5.56. The predicted molar refractivity (Wildman–Crippen MR) is 108 cm³/mol. The van der Waals surface area contributed by atoms with Crippen molar-refractivity contribution in [2.24, 2.45) is 0 Å². The Labute approximate surface area is 177 Å². The van der Waals surface area contributed by atoms with Gasteiger partial charge in [0.05, 0.1) is 19.9 Å². The zero-order chi connectivity index (χ0) is 22.4. The van der Waals surface area contributed by atoms with Crippen LogP contribution in [0.15, 0.2) is 54.7 Å². The number of nitrogens with zero attached hydrogens (tertiary/aromatic N) is 2. The zero-order valence-electron chi connectivity index (χ0n) is 17.1. The molecule has 0 unspecified atom stereocenters. The number of hydrogen-bond acceptors (Lipinski definition) is 4. The first-order chi connectivity index (χ1) is 14.8. The molecule has 6 nitrogen and oxygen atoms in total. The van der Waals surface area contributed by atoms with E-state index in [1.165, 1.54) is 6.20 Å². The second kappa shape index (κ2) is 9.55. The Bertz CT molecular complexity index is 1030. The SMILES string of the molecule is COc1cccc(CCC(=O)NCc2ccc(-n3ccc(C(F)(F)F)n3)cc2)c1OC. The lowest BCUT2D eigenvalue weighted by atomic mass is 10.1. The minimum atomic E-state index is -4.48. The van der Waals surface area contributed by atoms with E-state index < -0.39 is 11.9 Å². The number of halogens is 3. The molecule has 0 aliphatic carbocycles. The summed E-state index contributed by atoms with van der Waals surface area (Å²) < 4.78 is 49.8. The molecule has 0 radical (unpaired) electrons. The van der Waals surface area contributed by atoms with Crippen LogP contribution in [-0.2, 0) is 23.9 Å². The van der Waals surface area contributed by atoms with Gasteiger partial charge in [0.1, 0.15) is 0 Å². The number of aryl methyl sites for hydroxylation is 1. The quantitative estimate of drug-likeness (QED) is 0.580. The molecule has 0 bridgehead atoms. The first-order valence-electron chi connectivity index (χ1n) is 9.50. The lowest BCUT2D eigenvalue weighted by Crippen LogP contribution is -2.23. The van der Waals surface area contributed by atoms with Gasteiger partial charge in [-0.3, -0.25) is 4.79 Å². The molecule has 9 heteroatoms. The average Bonchev–Trinajstić information content (AvgIpc) is 3.27. The summed E-state index contributed by atoms with van der Waals surface area (Å²) >= 11 is 0. The molecule has 2 aromatic carbocycles. The molecule has 0 aliphatic heterocycles. The number of amides is 1. The van der Waals surface area contributed by atoms with Gasteiger partial charge < -0.3 is 14.8 Å². The normalized spacial score (nSPS) is 11.3. The van der Waals surface area contributed by atoms with E-state index in [4.69, 9.17) is 9.47 Å². The summed E-state index contributed by atoms with van der Waals surface area (Å²) in [5.74, 6) is 1.09. The summed E-state index contributed by atoms with van der Waals surface area (Å²) in [6.07, 6.45) is -2.46. The highest BCUT2D eigenvalue weighted by Gasteiger charge is 2.33. The van der Waals surface area contributed by atoms with Gasteiger partial charge in [0.2, 0.25) is 5.91 Å². The van der Waals surface area contributed by atoms with Crippen LogP contribution >= 0.6 is 0 Å². The molecule has 164 valence electrons. The van der Waals surface area contributed by atoms with E-state index in [2.05, 4.69) is 10.4 Å². The minimum Gasteiger partial charge on any atom is -0.493 e. The molecule has 3 rings (SSSR count). The van der Waals surface area contributed by atoms with Crippen LogP contribution in [0.25, 0.3) is 5.69 Å². The fourth-order valence-electron chi connectivity index (χ4n) is 3.07. The number of aromatic nitrogens is 2. The van der Waals surface area contributed by atoms with Gasteiger partial charge in [-0.05, 0) is 41.8 Å². The molecule has 1 amide bonds. The molecule has 1 aromatic heterocycles. The van der Waals surface area contributed by atoms with Crippen molar-refractivity contribution in [3.8, 4) is 17.2 Å². The Morgan fingerprint density at radius 2 is 1.81 bits per heavy atom. The Kier molecular flexibility index (Phi) is 6.84. The van der Waals surface area contributed by atoms with Gasteiger partial charge >= 0.3 is 6.18 Å². The molecule has 0 fully saturated rings. The maximum atomic E-state index is 12.7. The highest BCUT2D eigenvalue weighted by molar-refractivity contribution is 5.76. The molecule has 0 saturated heterocycles. The molecule has 0 aliphatic rings. The lowest BCUT2D eigenvalue weighted by molar-refractivity contribution is -0.141. The third-order valence-corrected chi connectivity index (χ3v) is 4.68. The van der Waals surface area contributed by atoms with Crippen molar-refractivity contribution in [1.29, 1.82) is 0 Å². The first kappa shape index (κ1) is 22.2. The Balaban J connectivity index is 1.54. The summed E-state index contributed by atoms with van der Waals surface area (Å²) in [4.78, 5) is 12.2. The van der Waals surface area contributed by atoms with Gasteiger partial charge in [-0.1, -0.05) is 24.3 Å². The van der Waals surface area contributed by atoms with Crippen LogP contribution < -0.4 is 14.8 Å². The molecule has 0 atom stereocenters. The molecule has 0 saturated carbocycles. The fourth-order valence-corrected chi connectivity index (χ4v) is 3.07. The first-order valence-corrected chi connectivity index (χ1v) is 9.50. The van der Waals surface area contributed by atoms with Gasteiger partial charge in [-0.2, -0.15) is 18.3 Å². The van der Waals surface area contributed by atoms with Gasteiger partial charge in [0.25, 0.3) is 0 Å². The van der Waals surface area contributed by atoms with Crippen molar-refractivity contribution in [2.75, 3.05) is 14.2 Å². The number of nitrogens with one attached hydrogen (secondary N) is 1. The van der Waals surface area contributed by atoms with E-state index in [1.54, 1.807) is 44.6 Å². The number of carbonyl (C=O) groups excluding carboxylic acids is 1. The zero-order valence-corrected chi connectivity index (χ0v) is 17.1. The van der Waals surface area contributed by atoms with Crippen molar-refractivity contribution >= 4 is 5.91 Å². The second-order valence-electron chi connectivity index (χ2n) is 6.74.